The minimum absolute atomic E-state index is 0.0151. The summed E-state index contributed by atoms with van der Waals surface area (Å²) in [6, 6.07) is 12.5. The number of fused-ring (bicyclic) bond motifs is 2. The molecule has 0 atom stereocenters. The van der Waals surface area contributed by atoms with E-state index in [1.54, 1.807) is 30.5 Å². The van der Waals surface area contributed by atoms with Crippen molar-refractivity contribution in [2.75, 3.05) is 0 Å². The molecule has 0 unspecified atom stereocenters. The van der Waals surface area contributed by atoms with E-state index in [4.69, 9.17) is 4.42 Å². The number of H-pyrrole nitrogens is 1. The van der Waals surface area contributed by atoms with Crippen molar-refractivity contribution in [3.8, 4) is 0 Å². The van der Waals surface area contributed by atoms with Crippen molar-refractivity contribution in [3.63, 3.8) is 0 Å². The van der Waals surface area contributed by atoms with Crippen LogP contribution in [0.4, 0.5) is 0 Å². The van der Waals surface area contributed by atoms with Crippen LogP contribution in [0.2, 0.25) is 0 Å². The van der Waals surface area contributed by atoms with E-state index in [0.717, 1.165) is 28.5 Å². The molecule has 4 aromatic rings. The summed E-state index contributed by atoms with van der Waals surface area (Å²) >= 11 is 0. The van der Waals surface area contributed by atoms with E-state index >= 15 is 0 Å². The third kappa shape index (κ3) is 3.60. The molecule has 2 aromatic carbocycles. The van der Waals surface area contributed by atoms with Gasteiger partial charge in [-0.25, -0.2) is 5.10 Å². The van der Waals surface area contributed by atoms with Crippen LogP contribution in [0.1, 0.15) is 28.5 Å². The molecule has 0 spiro atoms. The summed E-state index contributed by atoms with van der Waals surface area (Å²) in [4.78, 5) is 36.5. The minimum Gasteiger partial charge on any atom is -0.464 e. The standard InChI is InChI=1S/C21H18N4O4/c1-2-12-7-8-14-13(11-29-17(14)9-12)10-18(26)22-25-21(28)19-15-5-3-4-6-16(15)20(27)24-23-19/h3-9,11H,2,10H2,1H3,(H,22,26)(H,24,27)(H,25,28). The van der Waals surface area contributed by atoms with Gasteiger partial charge in [-0.2, -0.15) is 5.10 Å². The predicted octanol–water partition coefficient (Wildman–Crippen LogP) is 2.24. The molecular weight excluding hydrogens is 372 g/mol. The van der Waals surface area contributed by atoms with Gasteiger partial charge in [0.15, 0.2) is 5.69 Å². The first-order valence-corrected chi connectivity index (χ1v) is 9.12. The Morgan fingerprint density at radius 1 is 1.07 bits per heavy atom. The van der Waals surface area contributed by atoms with Gasteiger partial charge in [0.2, 0.25) is 5.91 Å². The van der Waals surface area contributed by atoms with Crippen LogP contribution < -0.4 is 16.4 Å². The molecule has 0 saturated carbocycles. The lowest BCUT2D eigenvalue weighted by Gasteiger charge is -2.08. The Kier molecular flexibility index (Phi) is 4.82. The molecule has 8 heteroatoms. The number of amides is 2. The number of carbonyl (C=O) groups excluding carboxylic acids is 2. The zero-order valence-electron chi connectivity index (χ0n) is 15.6. The quantitative estimate of drug-likeness (QED) is 0.462. The van der Waals surface area contributed by atoms with E-state index in [9.17, 15) is 14.4 Å². The molecule has 2 amide bonds. The van der Waals surface area contributed by atoms with Crippen molar-refractivity contribution in [2.45, 2.75) is 19.8 Å². The Morgan fingerprint density at radius 2 is 1.86 bits per heavy atom. The van der Waals surface area contributed by atoms with Crippen molar-refractivity contribution in [1.82, 2.24) is 21.0 Å². The third-order valence-corrected chi connectivity index (χ3v) is 4.71. The molecule has 0 radical (unpaired) electrons. The van der Waals surface area contributed by atoms with Crippen LogP contribution in [-0.2, 0) is 17.6 Å². The van der Waals surface area contributed by atoms with E-state index in [1.807, 2.05) is 18.2 Å². The number of nitrogens with one attached hydrogen (secondary N) is 3. The summed E-state index contributed by atoms with van der Waals surface area (Å²) in [5.74, 6) is -1.04. The van der Waals surface area contributed by atoms with E-state index < -0.39 is 11.8 Å². The SMILES string of the molecule is CCc1ccc2c(CC(=O)NNC(=O)c3n[nH]c(=O)c4ccccc34)coc2c1. The number of furan rings is 1. The maximum absolute atomic E-state index is 12.4. The number of aromatic amines is 1. The van der Waals surface area contributed by atoms with Gasteiger partial charge < -0.3 is 4.42 Å². The second-order valence-electron chi connectivity index (χ2n) is 6.57. The second-order valence-corrected chi connectivity index (χ2v) is 6.57. The van der Waals surface area contributed by atoms with Gasteiger partial charge >= 0.3 is 0 Å². The van der Waals surface area contributed by atoms with Crippen LogP contribution in [0.5, 0.6) is 0 Å². The van der Waals surface area contributed by atoms with Gasteiger partial charge in [0, 0.05) is 16.3 Å². The van der Waals surface area contributed by atoms with Crippen LogP contribution in [0.15, 0.2) is 57.9 Å². The zero-order valence-corrected chi connectivity index (χ0v) is 15.6. The molecule has 3 N–H and O–H groups in total. The number of carbonyl (C=O) groups is 2. The minimum atomic E-state index is -0.629. The first-order valence-electron chi connectivity index (χ1n) is 9.12. The Morgan fingerprint density at radius 3 is 2.66 bits per heavy atom. The monoisotopic (exact) mass is 390 g/mol. The number of nitrogens with zero attached hydrogens (tertiary/aromatic N) is 1. The van der Waals surface area contributed by atoms with E-state index in [2.05, 4.69) is 28.0 Å². The lowest BCUT2D eigenvalue weighted by Crippen LogP contribution is -2.43. The molecule has 0 aliphatic carbocycles. The molecule has 8 nitrogen and oxygen atoms in total. The second kappa shape index (κ2) is 7.59. The van der Waals surface area contributed by atoms with E-state index in [0.29, 0.717) is 10.8 Å². The Hall–Kier alpha value is -3.94. The zero-order chi connectivity index (χ0) is 20.4. The summed E-state index contributed by atoms with van der Waals surface area (Å²) in [5.41, 5.74) is 6.93. The van der Waals surface area contributed by atoms with Gasteiger partial charge in [-0.05, 0) is 24.1 Å². The van der Waals surface area contributed by atoms with Gasteiger partial charge in [-0.1, -0.05) is 37.3 Å². The molecule has 0 aliphatic rings. The molecule has 0 fully saturated rings. The van der Waals surface area contributed by atoms with E-state index in [-0.39, 0.29) is 17.7 Å². The first-order chi connectivity index (χ1) is 14.1. The predicted molar refractivity (Wildman–Crippen MR) is 107 cm³/mol. The summed E-state index contributed by atoms with van der Waals surface area (Å²) in [5, 5.41) is 7.69. The number of hydrogen-bond donors (Lipinski definition) is 3. The number of aryl methyl sites for hydroxylation is 1. The Bertz CT molecular complexity index is 1290. The number of hydrazine groups is 1. The van der Waals surface area contributed by atoms with Gasteiger partial charge in [0.25, 0.3) is 11.5 Å². The lowest BCUT2D eigenvalue weighted by atomic mass is 10.1. The summed E-state index contributed by atoms with van der Waals surface area (Å²) in [6.07, 6.45) is 2.48. The molecule has 146 valence electrons. The number of benzene rings is 2. The number of aromatic nitrogens is 2. The number of hydrogen-bond acceptors (Lipinski definition) is 5. The van der Waals surface area contributed by atoms with Crippen molar-refractivity contribution >= 4 is 33.6 Å². The normalized spacial score (nSPS) is 10.9. The summed E-state index contributed by atoms with van der Waals surface area (Å²) in [6.45, 7) is 2.06. The molecule has 4 rings (SSSR count). The maximum atomic E-state index is 12.4. The fourth-order valence-corrected chi connectivity index (χ4v) is 3.18. The van der Waals surface area contributed by atoms with Crippen LogP contribution in [0, 0.1) is 0 Å². The average Bonchev–Trinajstić information content (AvgIpc) is 3.14. The van der Waals surface area contributed by atoms with Crippen molar-refractivity contribution < 1.29 is 14.0 Å². The van der Waals surface area contributed by atoms with E-state index in [1.165, 1.54) is 0 Å². The highest BCUT2D eigenvalue weighted by Crippen LogP contribution is 2.23. The van der Waals surface area contributed by atoms with Gasteiger partial charge in [0.05, 0.1) is 18.1 Å². The van der Waals surface area contributed by atoms with Gasteiger partial charge in [-0.3, -0.25) is 25.2 Å². The molecule has 2 heterocycles. The van der Waals surface area contributed by atoms with Crippen molar-refractivity contribution in [3.05, 3.63) is 75.9 Å². The van der Waals surface area contributed by atoms with Crippen LogP contribution >= 0.6 is 0 Å². The van der Waals surface area contributed by atoms with Crippen molar-refractivity contribution in [2.24, 2.45) is 0 Å². The average molecular weight is 390 g/mol. The maximum Gasteiger partial charge on any atom is 0.290 e. The third-order valence-electron chi connectivity index (χ3n) is 4.71. The molecular formula is C21H18N4O4. The molecule has 0 aliphatic heterocycles. The fraction of sp³-hybridized carbons (Fsp3) is 0.143. The van der Waals surface area contributed by atoms with Gasteiger partial charge in [-0.15, -0.1) is 0 Å². The molecule has 0 bridgehead atoms. The molecule has 29 heavy (non-hydrogen) atoms. The molecule has 2 aromatic heterocycles. The highest BCUT2D eigenvalue weighted by atomic mass is 16.3. The molecule has 0 saturated heterocycles. The van der Waals surface area contributed by atoms with Crippen LogP contribution in [0.25, 0.3) is 21.7 Å². The summed E-state index contributed by atoms with van der Waals surface area (Å²) < 4.78 is 5.54. The highest BCUT2D eigenvalue weighted by molar-refractivity contribution is 6.05. The first kappa shape index (κ1) is 18.4. The summed E-state index contributed by atoms with van der Waals surface area (Å²) in [7, 11) is 0. The topological polar surface area (TPSA) is 117 Å². The lowest BCUT2D eigenvalue weighted by molar-refractivity contribution is -0.121. The number of rotatable bonds is 4. The Labute approximate surface area is 164 Å². The van der Waals surface area contributed by atoms with Crippen LogP contribution in [-0.4, -0.2) is 22.0 Å². The van der Waals surface area contributed by atoms with Crippen LogP contribution in [0.3, 0.4) is 0 Å². The smallest absolute Gasteiger partial charge is 0.290 e. The largest absolute Gasteiger partial charge is 0.464 e. The Balaban J connectivity index is 1.46. The highest BCUT2D eigenvalue weighted by Gasteiger charge is 2.16. The fourth-order valence-electron chi connectivity index (χ4n) is 3.18. The van der Waals surface area contributed by atoms with Gasteiger partial charge in [0.1, 0.15) is 5.58 Å². The van der Waals surface area contributed by atoms with Crippen molar-refractivity contribution in [1.29, 1.82) is 0 Å².